The molecule has 0 radical (unpaired) electrons. The minimum Gasteiger partial charge on any atom is -0.481 e. The molecule has 0 aliphatic rings. The Bertz CT molecular complexity index is 552. The van der Waals surface area contributed by atoms with Crippen LogP contribution in [0.25, 0.3) is 0 Å². The van der Waals surface area contributed by atoms with Gasteiger partial charge in [-0.1, -0.05) is 102 Å². The number of hydrogen-bond donors (Lipinski definition) is 1. The largest absolute Gasteiger partial charge is 0.481 e. The van der Waals surface area contributed by atoms with Crippen LogP contribution >= 0.6 is 0 Å². The minimum atomic E-state index is -0.730. The van der Waals surface area contributed by atoms with Crippen molar-refractivity contribution in [1.29, 1.82) is 0 Å². The lowest BCUT2D eigenvalue weighted by molar-refractivity contribution is -0.150. The average Bonchev–Trinajstić information content (AvgIpc) is 2.85. The van der Waals surface area contributed by atoms with Gasteiger partial charge in [-0.25, -0.2) is 0 Å². The minimum absolute atomic E-state index is 0.00178. The molecule has 0 saturated carbocycles. The summed E-state index contributed by atoms with van der Waals surface area (Å²) >= 11 is 0. The van der Waals surface area contributed by atoms with Crippen molar-refractivity contribution in [2.75, 3.05) is 0 Å². The zero-order valence-electron chi connectivity index (χ0n) is 23.8. The predicted molar refractivity (Wildman–Crippen MR) is 153 cm³/mol. The molecular formula is C32H58O4. The zero-order chi connectivity index (χ0) is 26.5. The van der Waals surface area contributed by atoms with E-state index in [1.165, 1.54) is 70.6 Å². The molecule has 0 bridgehead atoms. The number of ether oxygens (including phenoxy) is 1. The van der Waals surface area contributed by atoms with Crippen LogP contribution < -0.4 is 0 Å². The second kappa shape index (κ2) is 28.0. The Kier molecular flexibility index (Phi) is 26.8. The smallest absolute Gasteiger partial charge is 0.306 e. The molecule has 0 amide bonds. The van der Waals surface area contributed by atoms with Gasteiger partial charge in [0.25, 0.3) is 0 Å². The highest BCUT2D eigenvalue weighted by molar-refractivity contribution is 5.69. The number of unbranched alkanes of at least 4 members (excludes halogenated alkanes) is 14. The highest BCUT2D eigenvalue weighted by Gasteiger charge is 2.14. The average molecular weight is 507 g/mol. The van der Waals surface area contributed by atoms with Gasteiger partial charge in [0.15, 0.2) is 0 Å². The van der Waals surface area contributed by atoms with Crippen LogP contribution in [0.2, 0.25) is 0 Å². The van der Waals surface area contributed by atoms with E-state index in [1.54, 1.807) is 0 Å². The van der Waals surface area contributed by atoms with Crippen molar-refractivity contribution in [3.8, 4) is 0 Å². The number of rotatable bonds is 27. The first-order chi connectivity index (χ1) is 17.6. The molecule has 1 N–H and O–H groups in total. The maximum atomic E-state index is 12.4. The molecule has 4 nitrogen and oxygen atoms in total. The van der Waals surface area contributed by atoms with Gasteiger partial charge in [-0.05, 0) is 70.6 Å². The van der Waals surface area contributed by atoms with Crippen LogP contribution in [0.3, 0.4) is 0 Å². The number of carboxylic acid groups (broad SMARTS) is 1. The number of carbonyl (C=O) groups is 2. The van der Waals surface area contributed by atoms with Crippen LogP contribution in [0.15, 0.2) is 24.3 Å². The van der Waals surface area contributed by atoms with Crippen molar-refractivity contribution in [2.45, 2.75) is 168 Å². The number of hydrogen-bond acceptors (Lipinski definition) is 3. The number of allylic oxidation sites excluding steroid dienone is 4. The fourth-order valence-electron chi connectivity index (χ4n) is 4.39. The SMILES string of the molecule is CCCCC/C=C\C/C=C\CCCCCCCC(=O)OC(CCCCCCC)CCCCCC(=O)O. The molecule has 0 aromatic heterocycles. The predicted octanol–water partition coefficient (Wildman–Crippen LogP) is 10.1. The molecular weight excluding hydrogens is 448 g/mol. The van der Waals surface area contributed by atoms with Crippen LogP contribution in [-0.2, 0) is 14.3 Å². The maximum Gasteiger partial charge on any atom is 0.306 e. The van der Waals surface area contributed by atoms with Crippen molar-refractivity contribution in [3.05, 3.63) is 24.3 Å². The van der Waals surface area contributed by atoms with E-state index in [4.69, 9.17) is 9.84 Å². The van der Waals surface area contributed by atoms with Crippen LogP contribution in [-0.4, -0.2) is 23.1 Å². The lowest BCUT2D eigenvalue weighted by Crippen LogP contribution is -2.18. The Morgan fingerprint density at radius 1 is 0.611 bits per heavy atom. The van der Waals surface area contributed by atoms with Crippen molar-refractivity contribution in [1.82, 2.24) is 0 Å². The van der Waals surface area contributed by atoms with E-state index in [1.807, 2.05) is 0 Å². The van der Waals surface area contributed by atoms with Crippen LogP contribution in [0, 0.1) is 0 Å². The van der Waals surface area contributed by atoms with E-state index < -0.39 is 5.97 Å². The monoisotopic (exact) mass is 506 g/mol. The molecule has 1 unspecified atom stereocenters. The normalized spacial score (nSPS) is 12.5. The van der Waals surface area contributed by atoms with Gasteiger partial charge in [0, 0.05) is 12.8 Å². The Labute approximate surface area is 223 Å². The summed E-state index contributed by atoms with van der Waals surface area (Å²) < 4.78 is 5.83. The van der Waals surface area contributed by atoms with E-state index in [9.17, 15) is 9.59 Å². The van der Waals surface area contributed by atoms with Gasteiger partial charge in [0.05, 0.1) is 0 Å². The third-order valence-corrected chi connectivity index (χ3v) is 6.68. The summed E-state index contributed by atoms with van der Waals surface area (Å²) in [4.78, 5) is 23.1. The first kappa shape index (κ1) is 34.4. The lowest BCUT2D eigenvalue weighted by Gasteiger charge is -2.18. The van der Waals surface area contributed by atoms with Gasteiger partial charge in [0.2, 0.25) is 0 Å². The third kappa shape index (κ3) is 27.0. The maximum absolute atomic E-state index is 12.4. The Hall–Kier alpha value is -1.58. The lowest BCUT2D eigenvalue weighted by atomic mass is 10.0. The van der Waals surface area contributed by atoms with Gasteiger partial charge >= 0.3 is 11.9 Å². The molecule has 0 aromatic rings. The van der Waals surface area contributed by atoms with Gasteiger partial charge in [-0.2, -0.15) is 0 Å². The number of esters is 1. The van der Waals surface area contributed by atoms with E-state index in [0.717, 1.165) is 57.8 Å². The second-order valence-electron chi connectivity index (χ2n) is 10.3. The standard InChI is InChI=1S/C32H58O4/c1-3-5-7-9-10-11-12-13-14-15-16-17-18-20-25-29-32(35)36-30(26-22-19-8-6-4-2)27-23-21-24-28-31(33)34/h10-11,13-14,30H,3-9,12,15-29H2,1-2H3,(H,33,34)/b11-10-,14-13-. The summed E-state index contributed by atoms with van der Waals surface area (Å²) in [7, 11) is 0. The van der Waals surface area contributed by atoms with E-state index in [-0.39, 0.29) is 18.5 Å². The summed E-state index contributed by atoms with van der Waals surface area (Å²) in [6, 6.07) is 0. The molecule has 1 atom stereocenters. The molecule has 0 spiro atoms. The zero-order valence-corrected chi connectivity index (χ0v) is 23.8. The highest BCUT2D eigenvalue weighted by Crippen LogP contribution is 2.17. The molecule has 0 aromatic carbocycles. The van der Waals surface area contributed by atoms with Crippen LogP contribution in [0.1, 0.15) is 162 Å². The highest BCUT2D eigenvalue weighted by atomic mass is 16.5. The Morgan fingerprint density at radius 2 is 1.08 bits per heavy atom. The van der Waals surface area contributed by atoms with E-state index in [2.05, 4.69) is 38.2 Å². The quantitative estimate of drug-likeness (QED) is 0.0683. The Balaban J connectivity index is 3.88. The van der Waals surface area contributed by atoms with Crippen molar-refractivity contribution in [2.24, 2.45) is 0 Å². The van der Waals surface area contributed by atoms with E-state index in [0.29, 0.717) is 12.8 Å². The fourth-order valence-corrected chi connectivity index (χ4v) is 4.39. The van der Waals surface area contributed by atoms with Gasteiger partial charge < -0.3 is 9.84 Å². The van der Waals surface area contributed by atoms with Crippen molar-refractivity contribution in [3.63, 3.8) is 0 Å². The number of carbonyl (C=O) groups excluding carboxylic acids is 1. The molecule has 0 rings (SSSR count). The summed E-state index contributed by atoms with van der Waals surface area (Å²) in [5.74, 6) is -0.781. The second-order valence-corrected chi connectivity index (χ2v) is 10.3. The fraction of sp³-hybridized carbons (Fsp3) is 0.812. The number of carboxylic acids is 1. The molecule has 0 aliphatic carbocycles. The third-order valence-electron chi connectivity index (χ3n) is 6.68. The Morgan fingerprint density at radius 3 is 1.72 bits per heavy atom. The van der Waals surface area contributed by atoms with Gasteiger partial charge in [-0.15, -0.1) is 0 Å². The molecule has 0 saturated heterocycles. The summed E-state index contributed by atoms with van der Waals surface area (Å²) in [5, 5.41) is 8.78. The molecule has 0 aliphatic heterocycles. The topological polar surface area (TPSA) is 63.6 Å². The van der Waals surface area contributed by atoms with Crippen molar-refractivity contribution < 1.29 is 19.4 Å². The first-order valence-electron chi connectivity index (χ1n) is 15.3. The van der Waals surface area contributed by atoms with E-state index >= 15 is 0 Å². The van der Waals surface area contributed by atoms with Gasteiger partial charge in [0.1, 0.15) is 6.10 Å². The number of aliphatic carboxylic acids is 1. The molecule has 36 heavy (non-hydrogen) atoms. The van der Waals surface area contributed by atoms with Crippen molar-refractivity contribution >= 4 is 11.9 Å². The first-order valence-corrected chi connectivity index (χ1v) is 15.3. The van der Waals surface area contributed by atoms with Gasteiger partial charge in [-0.3, -0.25) is 9.59 Å². The summed E-state index contributed by atoms with van der Waals surface area (Å²) in [5.41, 5.74) is 0. The molecule has 0 fully saturated rings. The molecule has 210 valence electrons. The summed E-state index contributed by atoms with van der Waals surface area (Å²) in [6.45, 7) is 4.46. The van der Waals surface area contributed by atoms with Crippen LogP contribution in [0.4, 0.5) is 0 Å². The molecule has 4 heteroatoms. The van der Waals surface area contributed by atoms with Crippen LogP contribution in [0.5, 0.6) is 0 Å². The summed E-state index contributed by atoms with van der Waals surface area (Å²) in [6.07, 6.45) is 33.3. The molecule has 0 heterocycles.